The Morgan fingerprint density at radius 2 is 2.08 bits per heavy atom. The molecule has 0 aromatic carbocycles. The zero-order chi connectivity index (χ0) is 18.7. The number of ketones is 1. The van der Waals surface area contributed by atoms with Crippen molar-refractivity contribution in [2.45, 2.75) is 46.3 Å². The van der Waals surface area contributed by atoms with Gasteiger partial charge < -0.3 is 14.0 Å². The van der Waals surface area contributed by atoms with E-state index in [-0.39, 0.29) is 24.2 Å². The van der Waals surface area contributed by atoms with E-state index >= 15 is 0 Å². The van der Waals surface area contributed by atoms with E-state index in [9.17, 15) is 9.59 Å². The zero-order valence-electron chi connectivity index (χ0n) is 15.3. The average Bonchev–Trinajstić information content (AvgIpc) is 3.24. The third kappa shape index (κ3) is 3.99. The third-order valence-electron chi connectivity index (χ3n) is 4.61. The van der Waals surface area contributed by atoms with Gasteiger partial charge in [0, 0.05) is 36.3 Å². The van der Waals surface area contributed by atoms with Crippen molar-refractivity contribution in [3.63, 3.8) is 0 Å². The van der Waals surface area contributed by atoms with Gasteiger partial charge >= 0.3 is 5.97 Å². The number of carbonyl (C=O) groups is 2. The maximum atomic E-state index is 12.5. The van der Waals surface area contributed by atoms with E-state index in [1.807, 2.05) is 19.9 Å². The van der Waals surface area contributed by atoms with Crippen molar-refractivity contribution in [3.8, 4) is 0 Å². The highest BCUT2D eigenvalue weighted by Crippen LogP contribution is 2.20. The Morgan fingerprint density at radius 3 is 2.73 bits per heavy atom. The van der Waals surface area contributed by atoms with Crippen LogP contribution in [0.4, 0.5) is 0 Å². The van der Waals surface area contributed by atoms with Gasteiger partial charge in [-0.25, -0.2) is 9.78 Å². The smallest absolute Gasteiger partial charge is 0.358 e. The fraction of sp³-hybridized carbons (Fsp3) is 0.474. The van der Waals surface area contributed by atoms with Crippen molar-refractivity contribution in [2.24, 2.45) is 0 Å². The summed E-state index contributed by atoms with van der Waals surface area (Å²) in [6, 6.07) is 1.84. The normalized spacial score (nSPS) is 16.7. The van der Waals surface area contributed by atoms with Crippen LogP contribution in [0.3, 0.4) is 0 Å². The van der Waals surface area contributed by atoms with Crippen molar-refractivity contribution in [2.75, 3.05) is 13.2 Å². The summed E-state index contributed by atoms with van der Waals surface area (Å²) in [5.41, 5.74) is 3.23. The van der Waals surface area contributed by atoms with Crippen LogP contribution in [-0.4, -0.2) is 45.6 Å². The fourth-order valence-corrected chi connectivity index (χ4v) is 3.14. The highest BCUT2D eigenvalue weighted by molar-refractivity contribution is 6.00. The highest BCUT2D eigenvalue weighted by atomic mass is 16.5. The van der Waals surface area contributed by atoms with Crippen LogP contribution in [0.1, 0.15) is 50.8 Å². The molecule has 1 atom stereocenters. The van der Waals surface area contributed by atoms with Gasteiger partial charge in [0.15, 0.2) is 12.3 Å². The van der Waals surface area contributed by atoms with Crippen molar-refractivity contribution in [1.82, 2.24) is 14.5 Å². The average molecular weight is 357 g/mol. The van der Waals surface area contributed by atoms with Gasteiger partial charge in [-0.05, 0) is 39.7 Å². The minimum absolute atomic E-state index is 0.0901. The van der Waals surface area contributed by atoms with Crippen LogP contribution >= 0.6 is 0 Å². The fourth-order valence-electron chi connectivity index (χ4n) is 3.14. The van der Waals surface area contributed by atoms with Crippen LogP contribution in [0.25, 0.3) is 0 Å². The molecule has 7 nitrogen and oxygen atoms in total. The van der Waals surface area contributed by atoms with E-state index in [4.69, 9.17) is 9.47 Å². The first-order valence-electron chi connectivity index (χ1n) is 8.73. The summed E-state index contributed by atoms with van der Waals surface area (Å²) in [5, 5.41) is 0. The second kappa shape index (κ2) is 7.78. The maximum absolute atomic E-state index is 12.5. The lowest BCUT2D eigenvalue weighted by molar-refractivity contribution is 0.0468. The largest absolute Gasteiger partial charge is 0.453 e. The first-order valence-corrected chi connectivity index (χ1v) is 8.73. The quantitative estimate of drug-likeness (QED) is 0.583. The summed E-state index contributed by atoms with van der Waals surface area (Å²) < 4.78 is 12.9. The summed E-state index contributed by atoms with van der Waals surface area (Å²) in [4.78, 5) is 32.4. The Kier molecular flexibility index (Phi) is 5.46. The van der Waals surface area contributed by atoms with Crippen LogP contribution in [-0.2, 0) is 16.0 Å². The molecule has 138 valence electrons. The van der Waals surface area contributed by atoms with Gasteiger partial charge in [0.2, 0.25) is 5.78 Å². The van der Waals surface area contributed by atoms with Gasteiger partial charge in [0.1, 0.15) is 0 Å². The molecule has 26 heavy (non-hydrogen) atoms. The van der Waals surface area contributed by atoms with Gasteiger partial charge in [-0.2, -0.15) is 0 Å². The Bertz CT molecular complexity index is 805. The molecule has 2 aromatic heterocycles. The molecule has 2 aromatic rings. The van der Waals surface area contributed by atoms with E-state index in [2.05, 4.69) is 14.5 Å². The molecule has 0 spiro atoms. The minimum atomic E-state index is -0.654. The lowest BCUT2D eigenvalue weighted by atomic mass is 10.1. The first-order chi connectivity index (χ1) is 12.5. The number of Topliss-reactive ketones (excluding diaryl/α,β-unsaturated/α-hetero) is 1. The van der Waals surface area contributed by atoms with Crippen molar-refractivity contribution < 1.29 is 19.1 Å². The Labute approximate surface area is 152 Å². The number of carbonyl (C=O) groups excluding carboxylic acids is 2. The number of esters is 1. The molecule has 1 aliphatic heterocycles. The van der Waals surface area contributed by atoms with Crippen molar-refractivity contribution in [1.29, 1.82) is 0 Å². The molecule has 0 N–H and O–H groups in total. The molecule has 7 heteroatoms. The molecule has 0 saturated carbocycles. The van der Waals surface area contributed by atoms with Gasteiger partial charge in [0.05, 0.1) is 18.0 Å². The molecule has 1 saturated heterocycles. The van der Waals surface area contributed by atoms with Crippen molar-refractivity contribution in [3.05, 3.63) is 46.8 Å². The number of nitrogens with zero attached hydrogens (tertiary/aromatic N) is 3. The molecule has 0 radical (unpaired) electrons. The molecule has 1 aliphatic rings. The van der Waals surface area contributed by atoms with Crippen LogP contribution in [0.5, 0.6) is 0 Å². The Morgan fingerprint density at radius 1 is 1.27 bits per heavy atom. The van der Waals surface area contributed by atoms with Crippen LogP contribution < -0.4 is 0 Å². The minimum Gasteiger partial charge on any atom is -0.453 e. The van der Waals surface area contributed by atoms with E-state index in [1.54, 1.807) is 6.92 Å². The topological polar surface area (TPSA) is 83.3 Å². The van der Waals surface area contributed by atoms with E-state index < -0.39 is 5.97 Å². The lowest BCUT2D eigenvalue weighted by Crippen LogP contribution is -2.18. The standard InChI is InChI=1S/C19H23N3O4/c1-12-8-21-17(9-20-12)19(24)26-11-18(23)16-7-13(2)22(14(16)3)10-15-5-4-6-25-15/h7-9,15H,4-6,10-11H2,1-3H3/t15-/m0/s1. The van der Waals surface area contributed by atoms with Gasteiger partial charge in [-0.1, -0.05) is 0 Å². The highest BCUT2D eigenvalue weighted by Gasteiger charge is 2.22. The Hall–Kier alpha value is -2.54. The van der Waals surface area contributed by atoms with Gasteiger partial charge in [-0.15, -0.1) is 0 Å². The summed E-state index contributed by atoms with van der Waals surface area (Å²) in [5.74, 6) is -0.885. The molecule has 0 unspecified atom stereocenters. The summed E-state index contributed by atoms with van der Waals surface area (Å²) in [6.07, 6.45) is 5.14. The molecule has 0 aliphatic carbocycles. The molecule has 0 amide bonds. The van der Waals surface area contributed by atoms with E-state index in [1.165, 1.54) is 12.4 Å². The monoisotopic (exact) mass is 357 g/mol. The van der Waals surface area contributed by atoms with Gasteiger partial charge in [0.25, 0.3) is 0 Å². The third-order valence-corrected chi connectivity index (χ3v) is 4.61. The number of hydrogen-bond donors (Lipinski definition) is 0. The van der Waals surface area contributed by atoms with Crippen molar-refractivity contribution >= 4 is 11.8 Å². The molecule has 0 bridgehead atoms. The summed E-state index contributed by atoms with van der Waals surface area (Å²) in [6.45, 7) is 6.86. The first kappa shape index (κ1) is 18.3. The second-order valence-electron chi connectivity index (χ2n) is 6.57. The lowest BCUT2D eigenvalue weighted by Gasteiger charge is -2.14. The molecule has 3 rings (SSSR count). The number of rotatable bonds is 6. The molecule has 1 fully saturated rings. The second-order valence-corrected chi connectivity index (χ2v) is 6.57. The number of aromatic nitrogens is 3. The van der Waals surface area contributed by atoms with E-state index in [0.717, 1.165) is 37.4 Å². The number of hydrogen-bond acceptors (Lipinski definition) is 6. The molecular weight excluding hydrogens is 334 g/mol. The predicted molar refractivity (Wildman–Crippen MR) is 94.3 cm³/mol. The number of aryl methyl sites for hydroxylation is 2. The SMILES string of the molecule is Cc1cnc(C(=O)OCC(=O)c2cc(C)n(C[C@@H]3CCCO3)c2C)cn1. The van der Waals surface area contributed by atoms with Crippen LogP contribution in [0.15, 0.2) is 18.5 Å². The molecular formula is C19H23N3O4. The zero-order valence-corrected chi connectivity index (χ0v) is 15.3. The van der Waals surface area contributed by atoms with Gasteiger partial charge in [-0.3, -0.25) is 9.78 Å². The number of ether oxygens (including phenoxy) is 2. The van der Waals surface area contributed by atoms with E-state index in [0.29, 0.717) is 11.3 Å². The maximum Gasteiger partial charge on any atom is 0.358 e. The summed E-state index contributed by atoms with van der Waals surface area (Å²) in [7, 11) is 0. The predicted octanol–water partition coefficient (Wildman–Crippen LogP) is 2.42. The van der Waals surface area contributed by atoms with Crippen LogP contribution in [0.2, 0.25) is 0 Å². The molecule has 3 heterocycles. The summed E-state index contributed by atoms with van der Waals surface area (Å²) >= 11 is 0. The van der Waals surface area contributed by atoms with Crippen LogP contribution in [0, 0.1) is 20.8 Å². The Balaban J connectivity index is 1.64.